The molecule has 0 bridgehead atoms. The molecule has 7 nitrogen and oxygen atoms in total. The summed E-state index contributed by atoms with van der Waals surface area (Å²) >= 11 is 0. The molecule has 1 aliphatic rings. The van der Waals surface area contributed by atoms with Gasteiger partial charge < -0.3 is 9.64 Å². The average Bonchev–Trinajstić information content (AvgIpc) is 2.87. The Balaban J connectivity index is 1.29. The zero-order valence-electron chi connectivity index (χ0n) is 18.7. The molecule has 0 atom stereocenters. The van der Waals surface area contributed by atoms with E-state index in [1.807, 2.05) is 30.3 Å². The largest absolute Gasteiger partial charge is 0.487 e. The molecule has 10 heteroatoms. The van der Waals surface area contributed by atoms with Crippen LogP contribution < -0.4 is 4.74 Å². The van der Waals surface area contributed by atoms with Gasteiger partial charge in [0, 0.05) is 44.5 Å². The van der Waals surface area contributed by atoms with Gasteiger partial charge in [-0.3, -0.25) is 9.78 Å². The normalized spacial score (nSPS) is 14.9. The fraction of sp³-hybridized carbons (Fsp3) is 0.200. The number of nitrogens with zero attached hydrogens (tertiary/aromatic N) is 3. The Morgan fingerprint density at radius 2 is 1.74 bits per heavy atom. The van der Waals surface area contributed by atoms with Crippen LogP contribution in [0.5, 0.6) is 5.75 Å². The van der Waals surface area contributed by atoms with Crippen LogP contribution in [0.1, 0.15) is 11.3 Å². The monoisotopic (exact) mass is 499 g/mol. The van der Waals surface area contributed by atoms with Gasteiger partial charge in [0.05, 0.1) is 5.69 Å². The number of pyridine rings is 1. The molecular formula is C25H23F2N3O4S. The second-order valence-corrected chi connectivity index (χ2v) is 9.72. The number of sulfonamides is 1. The van der Waals surface area contributed by atoms with Crippen LogP contribution in [0, 0.1) is 11.6 Å². The summed E-state index contributed by atoms with van der Waals surface area (Å²) in [7, 11) is -4.12. The van der Waals surface area contributed by atoms with Crippen LogP contribution in [-0.4, -0.2) is 54.7 Å². The molecular weight excluding hydrogens is 476 g/mol. The highest BCUT2D eigenvalue weighted by atomic mass is 32.2. The number of carbonyl (C=O) groups is 1. The molecule has 2 heterocycles. The molecule has 1 fully saturated rings. The van der Waals surface area contributed by atoms with Gasteiger partial charge in [-0.2, -0.15) is 4.31 Å². The van der Waals surface area contributed by atoms with Crippen molar-refractivity contribution in [1.82, 2.24) is 14.2 Å². The maximum absolute atomic E-state index is 14.0. The van der Waals surface area contributed by atoms with E-state index >= 15 is 0 Å². The molecule has 4 rings (SSSR count). The van der Waals surface area contributed by atoms with Crippen molar-refractivity contribution in [3.8, 4) is 5.75 Å². The van der Waals surface area contributed by atoms with Crippen molar-refractivity contribution in [1.29, 1.82) is 0 Å². The Morgan fingerprint density at radius 3 is 2.40 bits per heavy atom. The highest BCUT2D eigenvalue weighted by Gasteiger charge is 2.31. The molecule has 0 unspecified atom stereocenters. The van der Waals surface area contributed by atoms with Crippen LogP contribution in [0.25, 0.3) is 6.08 Å². The molecule has 3 aromatic rings. The summed E-state index contributed by atoms with van der Waals surface area (Å²) in [5.74, 6) is -1.57. The van der Waals surface area contributed by atoms with Gasteiger partial charge in [0.15, 0.2) is 0 Å². The smallest absolute Gasteiger partial charge is 0.246 e. The number of ether oxygens (including phenoxy) is 1. The lowest BCUT2D eigenvalue weighted by Gasteiger charge is -2.33. The third-order valence-corrected chi connectivity index (χ3v) is 7.41. The van der Waals surface area contributed by atoms with Crippen molar-refractivity contribution >= 4 is 22.0 Å². The minimum absolute atomic E-state index is 0.0149. The number of benzene rings is 2. The molecule has 2 aromatic carbocycles. The third-order valence-electron chi connectivity index (χ3n) is 5.47. The van der Waals surface area contributed by atoms with Gasteiger partial charge in [-0.15, -0.1) is 0 Å². The second-order valence-electron chi connectivity index (χ2n) is 7.82. The first-order valence-electron chi connectivity index (χ1n) is 10.9. The molecule has 182 valence electrons. The summed E-state index contributed by atoms with van der Waals surface area (Å²) in [5.41, 5.74) is 1.62. The maximum Gasteiger partial charge on any atom is 0.246 e. The van der Waals surface area contributed by atoms with Gasteiger partial charge >= 0.3 is 0 Å². The highest BCUT2D eigenvalue weighted by molar-refractivity contribution is 7.89. The van der Waals surface area contributed by atoms with Crippen LogP contribution >= 0.6 is 0 Å². The number of amides is 1. The number of rotatable bonds is 7. The predicted octanol–water partition coefficient (Wildman–Crippen LogP) is 3.49. The van der Waals surface area contributed by atoms with E-state index in [1.165, 1.54) is 11.0 Å². The number of hydrogen-bond acceptors (Lipinski definition) is 5. The molecule has 0 aliphatic carbocycles. The molecule has 0 spiro atoms. The van der Waals surface area contributed by atoms with Gasteiger partial charge in [0.2, 0.25) is 15.9 Å². The molecule has 0 radical (unpaired) electrons. The number of hydrogen-bond donors (Lipinski definition) is 0. The second kappa shape index (κ2) is 10.7. The topological polar surface area (TPSA) is 79.8 Å². The Hall–Kier alpha value is -3.63. The lowest BCUT2D eigenvalue weighted by Crippen LogP contribution is -2.50. The Bertz CT molecular complexity index is 1310. The van der Waals surface area contributed by atoms with E-state index < -0.39 is 26.6 Å². The van der Waals surface area contributed by atoms with Crippen molar-refractivity contribution in [2.75, 3.05) is 26.2 Å². The number of aromatic nitrogens is 1. The van der Waals surface area contributed by atoms with Crippen LogP contribution in [0.3, 0.4) is 0 Å². The number of carbonyl (C=O) groups excluding carboxylic acids is 1. The van der Waals surface area contributed by atoms with Crippen LogP contribution in [0.4, 0.5) is 8.78 Å². The summed E-state index contributed by atoms with van der Waals surface area (Å²) in [4.78, 5) is 17.7. The van der Waals surface area contributed by atoms with E-state index in [1.54, 1.807) is 24.4 Å². The zero-order chi connectivity index (χ0) is 24.8. The molecule has 1 aliphatic heterocycles. The Labute approximate surface area is 202 Å². The van der Waals surface area contributed by atoms with Crippen molar-refractivity contribution in [3.05, 3.63) is 95.8 Å². The Morgan fingerprint density at radius 1 is 1.00 bits per heavy atom. The summed E-state index contributed by atoms with van der Waals surface area (Å²) in [6, 6.07) is 15.2. The number of piperazine rings is 1. The Kier molecular flexibility index (Phi) is 7.52. The van der Waals surface area contributed by atoms with E-state index in [2.05, 4.69) is 4.98 Å². The van der Waals surface area contributed by atoms with Crippen molar-refractivity contribution in [2.45, 2.75) is 11.5 Å². The van der Waals surface area contributed by atoms with Crippen LogP contribution in [0.2, 0.25) is 0 Å². The fourth-order valence-corrected chi connectivity index (χ4v) is 5.03. The summed E-state index contributed by atoms with van der Waals surface area (Å²) in [5, 5.41) is 0. The first-order valence-corrected chi connectivity index (χ1v) is 12.3. The first kappa shape index (κ1) is 24.5. The minimum Gasteiger partial charge on any atom is -0.487 e. The molecule has 0 N–H and O–H groups in total. The average molecular weight is 500 g/mol. The van der Waals surface area contributed by atoms with Crippen LogP contribution in [0.15, 0.2) is 77.8 Å². The van der Waals surface area contributed by atoms with Gasteiger partial charge in [0.1, 0.15) is 28.9 Å². The summed E-state index contributed by atoms with van der Waals surface area (Å²) in [6.07, 6.45) is 4.79. The fourth-order valence-electron chi connectivity index (χ4n) is 3.56. The van der Waals surface area contributed by atoms with Crippen LogP contribution in [-0.2, 0) is 21.4 Å². The quantitative estimate of drug-likeness (QED) is 0.465. The minimum atomic E-state index is -4.12. The van der Waals surface area contributed by atoms with E-state index in [9.17, 15) is 22.0 Å². The number of halogens is 2. The molecule has 1 saturated heterocycles. The lowest BCUT2D eigenvalue weighted by molar-refractivity contribution is -0.127. The van der Waals surface area contributed by atoms with Gasteiger partial charge in [-0.1, -0.05) is 18.2 Å². The first-order chi connectivity index (χ1) is 16.8. The maximum atomic E-state index is 14.0. The highest BCUT2D eigenvalue weighted by Crippen LogP contribution is 2.22. The van der Waals surface area contributed by atoms with Gasteiger partial charge in [0.25, 0.3) is 0 Å². The lowest BCUT2D eigenvalue weighted by atomic mass is 10.2. The standard InChI is InChI=1S/C25H23F2N3O4S/c26-20-7-10-24(23(27)17-20)35(32,33)30-15-13-29(14-16-30)25(31)11-6-19-4-8-22(9-5-19)34-18-21-3-1-2-12-28-21/h1-12,17H,13-16,18H2/b11-6+. The third kappa shape index (κ3) is 6.09. The van der Waals surface area contributed by atoms with Crippen molar-refractivity contribution < 1.29 is 26.7 Å². The molecule has 35 heavy (non-hydrogen) atoms. The molecule has 0 saturated carbocycles. The summed E-state index contributed by atoms with van der Waals surface area (Å²) in [6.45, 7) is 0.698. The SMILES string of the molecule is O=C(/C=C/c1ccc(OCc2ccccn2)cc1)N1CCN(S(=O)(=O)c2ccc(F)cc2F)CC1. The summed E-state index contributed by atoms with van der Waals surface area (Å²) < 4.78 is 59.3. The van der Waals surface area contributed by atoms with E-state index in [-0.39, 0.29) is 32.1 Å². The van der Waals surface area contributed by atoms with E-state index in [0.717, 1.165) is 27.7 Å². The van der Waals surface area contributed by atoms with Crippen molar-refractivity contribution in [3.63, 3.8) is 0 Å². The molecule has 1 aromatic heterocycles. The zero-order valence-corrected chi connectivity index (χ0v) is 19.5. The van der Waals surface area contributed by atoms with E-state index in [0.29, 0.717) is 18.4 Å². The van der Waals surface area contributed by atoms with Gasteiger partial charge in [-0.25, -0.2) is 17.2 Å². The molecule has 1 amide bonds. The van der Waals surface area contributed by atoms with Gasteiger partial charge in [-0.05, 0) is 48.0 Å². The van der Waals surface area contributed by atoms with E-state index in [4.69, 9.17) is 4.74 Å². The van der Waals surface area contributed by atoms with Crippen molar-refractivity contribution in [2.24, 2.45) is 0 Å². The predicted molar refractivity (Wildman–Crippen MR) is 126 cm³/mol.